The molecule has 16 heavy (non-hydrogen) atoms. The maximum absolute atomic E-state index is 11.9. The highest BCUT2D eigenvalue weighted by Crippen LogP contribution is 2.12. The van der Waals surface area contributed by atoms with Gasteiger partial charge in [0.1, 0.15) is 0 Å². The molecule has 0 spiro atoms. The SMILES string of the molecule is Cc1cccc(CS(=O)(=O)C(C)CCN)n1. The fraction of sp³-hybridized carbons (Fsp3) is 0.545. The van der Waals surface area contributed by atoms with Crippen LogP contribution < -0.4 is 5.73 Å². The molecule has 4 nitrogen and oxygen atoms in total. The summed E-state index contributed by atoms with van der Waals surface area (Å²) >= 11 is 0. The molecule has 0 saturated heterocycles. The number of aromatic nitrogens is 1. The van der Waals surface area contributed by atoms with E-state index in [9.17, 15) is 8.42 Å². The summed E-state index contributed by atoms with van der Waals surface area (Å²) in [5.41, 5.74) is 6.80. The van der Waals surface area contributed by atoms with E-state index in [2.05, 4.69) is 4.98 Å². The summed E-state index contributed by atoms with van der Waals surface area (Å²) in [6.07, 6.45) is 0.494. The molecule has 0 fully saturated rings. The zero-order chi connectivity index (χ0) is 12.2. The van der Waals surface area contributed by atoms with Crippen LogP contribution in [0, 0.1) is 6.92 Å². The Morgan fingerprint density at radius 1 is 1.44 bits per heavy atom. The van der Waals surface area contributed by atoms with Crippen molar-refractivity contribution in [2.24, 2.45) is 5.73 Å². The minimum Gasteiger partial charge on any atom is -0.330 e. The standard InChI is InChI=1S/C11H18N2O2S/c1-9-4-3-5-11(13-9)8-16(14,15)10(2)6-7-12/h3-5,10H,6-8,12H2,1-2H3. The topological polar surface area (TPSA) is 73.0 Å². The van der Waals surface area contributed by atoms with E-state index in [0.29, 0.717) is 18.7 Å². The third kappa shape index (κ3) is 3.57. The number of nitrogens with two attached hydrogens (primary N) is 1. The second-order valence-electron chi connectivity index (χ2n) is 3.97. The van der Waals surface area contributed by atoms with Crippen LogP contribution in [0.3, 0.4) is 0 Å². The Bertz CT molecular complexity index is 443. The lowest BCUT2D eigenvalue weighted by Crippen LogP contribution is -2.23. The summed E-state index contributed by atoms with van der Waals surface area (Å²) in [4.78, 5) is 4.19. The summed E-state index contributed by atoms with van der Waals surface area (Å²) in [5.74, 6) is -0.00412. The van der Waals surface area contributed by atoms with Gasteiger partial charge >= 0.3 is 0 Å². The van der Waals surface area contributed by atoms with Crippen LogP contribution in [-0.4, -0.2) is 25.2 Å². The Morgan fingerprint density at radius 2 is 2.12 bits per heavy atom. The molecule has 1 atom stereocenters. The zero-order valence-electron chi connectivity index (χ0n) is 9.68. The summed E-state index contributed by atoms with van der Waals surface area (Å²) in [6, 6.07) is 5.40. The number of hydrogen-bond acceptors (Lipinski definition) is 4. The Kier molecular flexibility index (Phi) is 4.44. The van der Waals surface area contributed by atoms with Crippen LogP contribution in [0.15, 0.2) is 18.2 Å². The van der Waals surface area contributed by atoms with Crippen molar-refractivity contribution in [1.82, 2.24) is 4.98 Å². The molecule has 0 aliphatic carbocycles. The Balaban J connectivity index is 2.80. The van der Waals surface area contributed by atoms with Gasteiger partial charge in [0.25, 0.3) is 0 Å². The number of rotatable bonds is 5. The molecule has 0 amide bonds. The van der Waals surface area contributed by atoms with Crippen LogP contribution in [0.5, 0.6) is 0 Å². The highest BCUT2D eigenvalue weighted by atomic mass is 32.2. The quantitative estimate of drug-likeness (QED) is 0.837. The summed E-state index contributed by atoms with van der Waals surface area (Å²) < 4.78 is 23.8. The van der Waals surface area contributed by atoms with Gasteiger partial charge < -0.3 is 5.73 Å². The lowest BCUT2D eigenvalue weighted by molar-refractivity contribution is 0.576. The predicted octanol–water partition coefficient (Wildman–Crippen LogP) is 1.04. The average molecular weight is 242 g/mol. The van der Waals surface area contributed by atoms with Crippen molar-refractivity contribution in [2.45, 2.75) is 31.3 Å². The van der Waals surface area contributed by atoms with Gasteiger partial charge in [-0.15, -0.1) is 0 Å². The van der Waals surface area contributed by atoms with Crippen LogP contribution in [0.25, 0.3) is 0 Å². The van der Waals surface area contributed by atoms with E-state index >= 15 is 0 Å². The van der Waals surface area contributed by atoms with Crippen molar-refractivity contribution in [3.05, 3.63) is 29.6 Å². The number of pyridine rings is 1. The molecule has 0 radical (unpaired) electrons. The van der Waals surface area contributed by atoms with Crippen LogP contribution in [0.1, 0.15) is 24.7 Å². The first-order valence-electron chi connectivity index (χ1n) is 5.30. The predicted molar refractivity (Wildman–Crippen MR) is 64.7 cm³/mol. The zero-order valence-corrected chi connectivity index (χ0v) is 10.5. The van der Waals surface area contributed by atoms with Gasteiger partial charge in [0.15, 0.2) is 9.84 Å². The number of hydrogen-bond donors (Lipinski definition) is 1. The van der Waals surface area contributed by atoms with Crippen LogP contribution in [-0.2, 0) is 15.6 Å². The van der Waals surface area contributed by atoms with Crippen molar-refractivity contribution in [1.29, 1.82) is 0 Å². The van der Waals surface area contributed by atoms with Crippen molar-refractivity contribution >= 4 is 9.84 Å². The fourth-order valence-corrected chi connectivity index (χ4v) is 2.80. The molecule has 0 aliphatic heterocycles. The van der Waals surface area contributed by atoms with Gasteiger partial charge in [-0.05, 0) is 38.9 Å². The van der Waals surface area contributed by atoms with Crippen molar-refractivity contribution in [3.63, 3.8) is 0 Å². The molecular weight excluding hydrogens is 224 g/mol. The second-order valence-corrected chi connectivity index (χ2v) is 6.38. The molecule has 90 valence electrons. The van der Waals surface area contributed by atoms with Gasteiger partial charge in [-0.2, -0.15) is 0 Å². The third-order valence-electron chi connectivity index (χ3n) is 2.48. The lowest BCUT2D eigenvalue weighted by atomic mass is 10.3. The van der Waals surface area contributed by atoms with Gasteiger partial charge in [-0.25, -0.2) is 8.42 Å². The number of aryl methyl sites for hydroxylation is 1. The smallest absolute Gasteiger partial charge is 0.158 e. The van der Waals surface area contributed by atoms with Crippen LogP contribution in [0.4, 0.5) is 0 Å². The van der Waals surface area contributed by atoms with E-state index in [4.69, 9.17) is 5.73 Å². The molecule has 0 bridgehead atoms. The molecule has 0 saturated carbocycles. The molecule has 1 aromatic rings. The molecule has 1 rings (SSSR count). The fourth-order valence-electron chi connectivity index (χ4n) is 1.44. The lowest BCUT2D eigenvalue weighted by Gasteiger charge is -2.11. The van der Waals surface area contributed by atoms with Gasteiger partial charge in [0.05, 0.1) is 16.7 Å². The minimum absolute atomic E-state index is 0.00412. The first kappa shape index (κ1) is 13.1. The van der Waals surface area contributed by atoms with Gasteiger partial charge in [0.2, 0.25) is 0 Å². The third-order valence-corrected chi connectivity index (χ3v) is 4.64. The Labute approximate surface area is 96.8 Å². The molecule has 1 heterocycles. The molecule has 1 aromatic heterocycles. The van der Waals surface area contributed by atoms with E-state index in [-0.39, 0.29) is 5.75 Å². The largest absolute Gasteiger partial charge is 0.330 e. The van der Waals surface area contributed by atoms with Crippen LogP contribution in [0.2, 0.25) is 0 Å². The first-order chi connectivity index (χ1) is 7.45. The normalized spacial score (nSPS) is 13.7. The Morgan fingerprint density at radius 3 is 2.69 bits per heavy atom. The van der Waals surface area contributed by atoms with Gasteiger partial charge in [-0.3, -0.25) is 4.98 Å². The van der Waals surface area contributed by atoms with E-state index in [1.54, 1.807) is 13.0 Å². The monoisotopic (exact) mass is 242 g/mol. The molecule has 0 aliphatic rings. The van der Waals surface area contributed by atoms with Crippen molar-refractivity contribution in [3.8, 4) is 0 Å². The van der Waals surface area contributed by atoms with E-state index in [0.717, 1.165) is 5.69 Å². The van der Waals surface area contributed by atoms with Crippen molar-refractivity contribution in [2.75, 3.05) is 6.54 Å². The summed E-state index contributed by atoms with van der Waals surface area (Å²) in [6.45, 7) is 3.93. The van der Waals surface area contributed by atoms with Crippen molar-refractivity contribution < 1.29 is 8.42 Å². The van der Waals surface area contributed by atoms with E-state index in [1.807, 2.05) is 19.1 Å². The summed E-state index contributed by atoms with van der Waals surface area (Å²) in [7, 11) is -3.13. The minimum atomic E-state index is -3.13. The number of sulfone groups is 1. The molecule has 0 aromatic carbocycles. The van der Waals surface area contributed by atoms with Crippen LogP contribution >= 0.6 is 0 Å². The van der Waals surface area contributed by atoms with Gasteiger partial charge in [0, 0.05) is 5.69 Å². The second kappa shape index (κ2) is 5.41. The highest BCUT2D eigenvalue weighted by molar-refractivity contribution is 7.91. The molecular formula is C11H18N2O2S. The molecule has 2 N–H and O–H groups in total. The first-order valence-corrected chi connectivity index (χ1v) is 7.01. The van der Waals surface area contributed by atoms with Gasteiger partial charge in [-0.1, -0.05) is 6.07 Å². The average Bonchev–Trinajstić information content (AvgIpc) is 2.17. The number of nitrogens with zero attached hydrogens (tertiary/aromatic N) is 1. The maximum Gasteiger partial charge on any atom is 0.158 e. The van der Waals surface area contributed by atoms with E-state index < -0.39 is 15.1 Å². The van der Waals surface area contributed by atoms with E-state index in [1.165, 1.54) is 0 Å². The molecule has 1 unspecified atom stereocenters. The molecule has 5 heteroatoms. The Hall–Kier alpha value is -0.940. The summed E-state index contributed by atoms with van der Waals surface area (Å²) in [5, 5.41) is -0.403. The maximum atomic E-state index is 11.9. The highest BCUT2D eigenvalue weighted by Gasteiger charge is 2.20.